The van der Waals surface area contributed by atoms with Crippen molar-refractivity contribution in [1.29, 1.82) is 0 Å². The van der Waals surface area contributed by atoms with Crippen LogP contribution in [0.15, 0.2) is 18.2 Å². The lowest BCUT2D eigenvalue weighted by molar-refractivity contribution is 0.0697. The highest BCUT2D eigenvalue weighted by Crippen LogP contribution is 2.16. The Labute approximate surface area is 85.6 Å². The molecule has 0 radical (unpaired) electrons. The summed E-state index contributed by atoms with van der Waals surface area (Å²) in [6, 6.07) is 4.02. The van der Waals surface area contributed by atoms with Crippen molar-refractivity contribution < 1.29 is 19.4 Å². The van der Waals surface area contributed by atoms with Crippen LogP contribution >= 0.6 is 0 Å². The van der Waals surface area contributed by atoms with Crippen molar-refractivity contribution in [2.24, 2.45) is 0 Å². The predicted octanol–water partition coefficient (Wildman–Crippen LogP) is 1.15. The van der Waals surface area contributed by atoms with Crippen molar-refractivity contribution in [3.63, 3.8) is 0 Å². The summed E-state index contributed by atoms with van der Waals surface area (Å²) >= 11 is 0. The number of rotatable bonds is 2. The average molecular weight is 210 g/mol. The summed E-state index contributed by atoms with van der Waals surface area (Å²) in [6.07, 6.45) is -0.683. The number of nitrogen functional groups attached to an aromatic ring is 1. The Hall–Kier alpha value is -2.24. The maximum atomic E-state index is 10.9. The van der Waals surface area contributed by atoms with Crippen LogP contribution in [0.4, 0.5) is 16.2 Å². The van der Waals surface area contributed by atoms with Crippen molar-refractivity contribution >= 4 is 23.4 Å². The highest BCUT2D eigenvalue weighted by atomic mass is 16.5. The molecule has 0 heterocycles. The van der Waals surface area contributed by atoms with Crippen molar-refractivity contribution in [2.45, 2.75) is 0 Å². The molecule has 4 N–H and O–H groups in total. The van der Waals surface area contributed by atoms with Gasteiger partial charge in [-0.2, -0.15) is 0 Å². The Kier molecular flexibility index (Phi) is 3.12. The molecule has 0 fully saturated rings. The van der Waals surface area contributed by atoms with E-state index in [2.05, 4.69) is 10.1 Å². The molecule has 0 aliphatic heterocycles. The van der Waals surface area contributed by atoms with Crippen LogP contribution in [0.1, 0.15) is 10.4 Å². The molecule has 0 aliphatic carbocycles. The van der Waals surface area contributed by atoms with Gasteiger partial charge in [0.15, 0.2) is 0 Å². The minimum Gasteiger partial charge on any atom is -0.478 e. The van der Waals surface area contributed by atoms with E-state index in [0.29, 0.717) is 0 Å². The number of carboxylic acid groups (broad SMARTS) is 1. The van der Waals surface area contributed by atoms with Crippen LogP contribution in [0.5, 0.6) is 0 Å². The van der Waals surface area contributed by atoms with Gasteiger partial charge in [0.25, 0.3) is 0 Å². The standard InChI is InChI=1S/C9H10N2O4/c1-15-9(14)11-7-3-5(8(12)13)2-6(10)4-7/h2-4H,10H2,1H3,(H,11,14)(H,12,13). The van der Waals surface area contributed by atoms with E-state index in [1.54, 1.807) is 0 Å². The molecule has 0 bridgehead atoms. The van der Waals surface area contributed by atoms with Gasteiger partial charge in [0.2, 0.25) is 0 Å². The van der Waals surface area contributed by atoms with E-state index in [9.17, 15) is 9.59 Å². The molecule has 0 atom stereocenters. The third-order valence-corrected chi connectivity index (χ3v) is 1.63. The van der Waals surface area contributed by atoms with Crippen molar-refractivity contribution in [2.75, 3.05) is 18.2 Å². The van der Waals surface area contributed by atoms with Gasteiger partial charge in [-0.1, -0.05) is 0 Å². The zero-order chi connectivity index (χ0) is 11.4. The van der Waals surface area contributed by atoms with Gasteiger partial charge in [0.1, 0.15) is 0 Å². The van der Waals surface area contributed by atoms with Gasteiger partial charge in [0, 0.05) is 11.4 Å². The molecule has 0 unspecified atom stereocenters. The second kappa shape index (κ2) is 4.32. The van der Waals surface area contributed by atoms with Gasteiger partial charge in [-0.15, -0.1) is 0 Å². The molecular formula is C9H10N2O4. The first-order chi connectivity index (χ1) is 7.02. The molecule has 80 valence electrons. The molecule has 1 rings (SSSR count). The van der Waals surface area contributed by atoms with Gasteiger partial charge >= 0.3 is 12.1 Å². The number of methoxy groups -OCH3 is 1. The number of amides is 1. The summed E-state index contributed by atoms with van der Waals surface area (Å²) in [5.74, 6) is -1.12. The van der Waals surface area contributed by atoms with Crippen molar-refractivity contribution in [1.82, 2.24) is 0 Å². The van der Waals surface area contributed by atoms with E-state index in [1.807, 2.05) is 0 Å². The number of benzene rings is 1. The maximum absolute atomic E-state index is 10.9. The molecule has 6 heteroatoms. The topological polar surface area (TPSA) is 102 Å². The van der Waals surface area contributed by atoms with E-state index < -0.39 is 12.1 Å². The largest absolute Gasteiger partial charge is 0.478 e. The predicted molar refractivity (Wildman–Crippen MR) is 53.8 cm³/mol. The Morgan fingerprint density at radius 1 is 1.40 bits per heavy atom. The summed E-state index contributed by atoms with van der Waals surface area (Å²) in [6.45, 7) is 0. The number of hydrogen-bond acceptors (Lipinski definition) is 4. The minimum atomic E-state index is -1.12. The molecule has 6 nitrogen and oxygen atoms in total. The SMILES string of the molecule is COC(=O)Nc1cc(N)cc(C(=O)O)c1. The first-order valence-electron chi connectivity index (χ1n) is 4.01. The molecule has 15 heavy (non-hydrogen) atoms. The van der Waals surface area contributed by atoms with E-state index >= 15 is 0 Å². The van der Waals surface area contributed by atoms with Crippen molar-refractivity contribution in [3.8, 4) is 0 Å². The Morgan fingerprint density at radius 2 is 2.07 bits per heavy atom. The number of hydrogen-bond donors (Lipinski definition) is 3. The lowest BCUT2D eigenvalue weighted by atomic mass is 10.2. The quantitative estimate of drug-likeness (QED) is 0.635. The monoisotopic (exact) mass is 210 g/mol. The molecule has 1 amide bonds. The van der Waals surface area contributed by atoms with Gasteiger partial charge < -0.3 is 15.6 Å². The summed E-state index contributed by atoms with van der Waals surface area (Å²) in [7, 11) is 1.21. The zero-order valence-corrected chi connectivity index (χ0v) is 7.98. The fraction of sp³-hybridized carbons (Fsp3) is 0.111. The molecular weight excluding hydrogens is 200 g/mol. The maximum Gasteiger partial charge on any atom is 0.411 e. The molecule has 1 aromatic carbocycles. The first kappa shape index (κ1) is 10.8. The molecule has 0 spiro atoms. The van der Waals surface area contributed by atoms with Crippen LogP contribution < -0.4 is 11.1 Å². The second-order valence-electron chi connectivity index (χ2n) is 2.77. The number of carbonyl (C=O) groups excluding carboxylic acids is 1. The Balaban J connectivity index is 2.98. The number of ether oxygens (including phenoxy) is 1. The van der Waals surface area contributed by atoms with Crippen LogP contribution in [0.3, 0.4) is 0 Å². The van der Waals surface area contributed by atoms with Crippen LogP contribution in [-0.2, 0) is 4.74 Å². The minimum absolute atomic E-state index is 0.00130. The Bertz CT molecular complexity index is 403. The zero-order valence-electron chi connectivity index (χ0n) is 7.98. The van der Waals surface area contributed by atoms with E-state index in [0.717, 1.165) is 0 Å². The fourth-order valence-corrected chi connectivity index (χ4v) is 1.02. The second-order valence-corrected chi connectivity index (χ2v) is 2.77. The summed E-state index contributed by atoms with van der Waals surface area (Å²) in [5.41, 5.74) is 5.99. The van der Waals surface area contributed by atoms with Gasteiger partial charge in [-0.3, -0.25) is 5.32 Å². The molecule has 0 aromatic heterocycles. The highest BCUT2D eigenvalue weighted by Gasteiger charge is 2.07. The summed E-state index contributed by atoms with van der Waals surface area (Å²) in [5, 5.41) is 11.0. The lowest BCUT2D eigenvalue weighted by Crippen LogP contribution is -2.12. The summed E-state index contributed by atoms with van der Waals surface area (Å²) in [4.78, 5) is 21.5. The third-order valence-electron chi connectivity index (χ3n) is 1.63. The van der Waals surface area contributed by atoms with Crippen LogP contribution in [0, 0.1) is 0 Å². The number of nitrogens with one attached hydrogen (secondary N) is 1. The molecule has 0 aliphatic rings. The number of carboxylic acids is 1. The van der Waals surface area contributed by atoms with E-state index in [-0.39, 0.29) is 16.9 Å². The van der Waals surface area contributed by atoms with Gasteiger partial charge in [-0.25, -0.2) is 9.59 Å². The van der Waals surface area contributed by atoms with Crippen LogP contribution in [0.2, 0.25) is 0 Å². The lowest BCUT2D eigenvalue weighted by Gasteiger charge is -2.05. The van der Waals surface area contributed by atoms with Crippen molar-refractivity contribution in [3.05, 3.63) is 23.8 Å². The van der Waals surface area contributed by atoms with E-state index in [1.165, 1.54) is 25.3 Å². The van der Waals surface area contributed by atoms with Gasteiger partial charge in [-0.05, 0) is 18.2 Å². The van der Waals surface area contributed by atoms with E-state index in [4.69, 9.17) is 10.8 Å². The number of anilines is 2. The summed E-state index contributed by atoms with van der Waals surface area (Å²) < 4.78 is 4.36. The molecule has 1 aromatic rings. The van der Waals surface area contributed by atoms with Crippen LogP contribution in [0.25, 0.3) is 0 Å². The van der Waals surface area contributed by atoms with Crippen LogP contribution in [-0.4, -0.2) is 24.3 Å². The molecule has 0 saturated heterocycles. The smallest absolute Gasteiger partial charge is 0.411 e. The number of nitrogens with two attached hydrogens (primary N) is 1. The normalized spacial score (nSPS) is 9.40. The fourth-order valence-electron chi connectivity index (χ4n) is 1.02. The number of carbonyl (C=O) groups is 2. The molecule has 0 saturated carbocycles. The first-order valence-corrected chi connectivity index (χ1v) is 4.01. The number of aromatic carboxylic acids is 1. The van der Waals surface area contributed by atoms with Gasteiger partial charge in [0.05, 0.1) is 12.7 Å². The Morgan fingerprint density at radius 3 is 2.60 bits per heavy atom. The third kappa shape index (κ3) is 2.87. The highest BCUT2D eigenvalue weighted by molar-refractivity contribution is 5.92. The average Bonchev–Trinajstić information content (AvgIpc) is 2.16.